The highest BCUT2D eigenvalue weighted by atomic mass is 16.7. The van der Waals surface area contributed by atoms with Gasteiger partial charge in [0.05, 0.1) is 0 Å². The molecular formula is C23H23NO6. The lowest BCUT2D eigenvalue weighted by atomic mass is 10.1. The summed E-state index contributed by atoms with van der Waals surface area (Å²) in [6.45, 7) is 3.74. The third-order valence-corrected chi connectivity index (χ3v) is 4.24. The number of hydrogen-bond acceptors (Lipinski definition) is 6. The Morgan fingerprint density at radius 2 is 1.80 bits per heavy atom. The van der Waals surface area contributed by atoms with Crippen LogP contribution in [-0.4, -0.2) is 31.1 Å². The number of Topliss-reactive ketones (excluding diaryl/α,β-unsaturated/α-hetero) is 1. The van der Waals surface area contributed by atoms with Gasteiger partial charge < -0.3 is 19.5 Å². The van der Waals surface area contributed by atoms with Crippen molar-refractivity contribution in [2.24, 2.45) is 5.92 Å². The van der Waals surface area contributed by atoms with Crippen LogP contribution in [-0.2, 0) is 14.3 Å². The van der Waals surface area contributed by atoms with Crippen molar-refractivity contribution < 1.29 is 28.6 Å². The van der Waals surface area contributed by atoms with Crippen LogP contribution in [0.3, 0.4) is 0 Å². The van der Waals surface area contributed by atoms with E-state index in [1.54, 1.807) is 48.5 Å². The number of anilines is 1. The average molecular weight is 409 g/mol. The van der Waals surface area contributed by atoms with E-state index in [1.807, 2.05) is 13.8 Å². The zero-order valence-corrected chi connectivity index (χ0v) is 16.8. The van der Waals surface area contributed by atoms with Gasteiger partial charge in [-0.3, -0.25) is 9.59 Å². The van der Waals surface area contributed by atoms with Gasteiger partial charge in [-0.2, -0.15) is 0 Å². The highest BCUT2D eigenvalue weighted by molar-refractivity contribution is 5.99. The van der Waals surface area contributed by atoms with E-state index < -0.39 is 5.97 Å². The molecule has 0 fully saturated rings. The number of ether oxygens (including phenoxy) is 3. The molecule has 0 atom stereocenters. The third-order valence-electron chi connectivity index (χ3n) is 4.24. The molecule has 0 spiro atoms. The summed E-state index contributed by atoms with van der Waals surface area (Å²) in [4.78, 5) is 35.9. The summed E-state index contributed by atoms with van der Waals surface area (Å²) in [5.41, 5.74) is 1.75. The first-order chi connectivity index (χ1) is 14.4. The number of esters is 1. The lowest BCUT2D eigenvalue weighted by molar-refractivity contribution is -0.136. The molecule has 0 saturated heterocycles. The Balaban J connectivity index is 1.47. The molecule has 2 aromatic carbocycles. The molecule has 1 amide bonds. The van der Waals surface area contributed by atoms with Crippen LogP contribution in [0.15, 0.2) is 48.5 Å². The molecule has 7 nitrogen and oxygen atoms in total. The van der Waals surface area contributed by atoms with Crippen molar-refractivity contribution in [3.8, 4) is 11.5 Å². The number of rotatable bonds is 8. The van der Waals surface area contributed by atoms with Gasteiger partial charge in [0.25, 0.3) is 0 Å². The molecule has 1 heterocycles. The fraction of sp³-hybridized carbons (Fsp3) is 0.261. The van der Waals surface area contributed by atoms with Crippen LogP contribution in [0.25, 0.3) is 6.08 Å². The van der Waals surface area contributed by atoms with E-state index in [9.17, 15) is 14.4 Å². The van der Waals surface area contributed by atoms with Gasteiger partial charge in [0.2, 0.25) is 12.7 Å². The summed E-state index contributed by atoms with van der Waals surface area (Å²) >= 11 is 0. The molecule has 0 saturated carbocycles. The predicted octanol–water partition coefficient (Wildman–Crippen LogP) is 3.84. The molecule has 3 rings (SSSR count). The van der Waals surface area contributed by atoms with E-state index in [0.717, 1.165) is 5.56 Å². The molecule has 2 aromatic rings. The molecular weight excluding hydrogens is 386 g/mol. The molecule has 156 valence electrons. The molecule has 1 aliphatic rings. The molecule has 0 unspecified atom stereocenters. The second kappa shape index (κ2) is 9.73. The van der Waals surface area contributed by atoms with Crippen LogP contribution < -0.4 is 14.8 Å². The number of ketones is 1. The van der Waals surface area contributed by atoms with E-state index in [-0.39, 0.29) is 31.0 Å². The van der Waals surface area contributed by atoms with Gasteiger partial charge in [-0.1, -0.05) is 19.9 Å². The fourth-order valence-corrected chi connectivity index (χ4v) is 2.77. The highest BCUT2D eigenvalue weighted by Gasteiger charge is 2.13. The second-order valence-corrected chi connectivity index (χ2v) is 7.20. The van der Waals surface area contributed by atoms with Gasteiger partial charge in [0, 0.05) is 23.7 Å². The molecule has 0 aromatic heterocycles. The number of benzene rings is 2. The minimum Gasteiger partial charge on any atom is -0.454 e. The van der Waals surface area contributed by atoms with Crippen molar-refractivity contribution in [2.75, 3.05) is 18.7 Å². The normalized spacial score (nSPS) is 12.2. The summed E-state index contributed by atoms with van der Waals surface area (Å²) < 4.78 is 15.5. The fourth-order valence-electron chi connectivity index (χ4n) is 2.77. The number of nitrogens with one attached hydrogen (secondary N) is 1. The summed E-state index contributed by atoms with van der Waals surface area (Å²) in [6, 6.07) is 11.8. The first-order valence-electron chi connectivity index (χ1n) is 9.58. The first-order valence-corrected chi connectivity index (χ1v) is 9.58. The van der Waals surface area contributed by atoms with E-state index in [0.29, 0.717) is 29.2 Å². The smallest absolute Gasteiger partial charge is 0.331 e. The van der Waals surface area contributed by atoms with Gasteiger partial charge >= 0.3 is 5.97 Å². The van der Waals surface area contributed by atoms with Crippen molar-refractivity contribution in [1.29, 1.82) is 0 Å². The van der Waals surface area contributed by atoms with Gasteiger partial charge in [0.1, 0.15) is 0 Å². The molecule has 0 radical (unpaired) electrons. The van der Waals surface area contributed by atoms with Crippen molar-refractivity contribution in [3.05, 3.63) is 59.7 Å². The maximum Gasteiger partial charge on any atom is 0.331 e. The predicted molar refractivity (Wildman–Crippen MR) is 111 cm³/mol. The van der Waals surface area contributed by atoms with Crippen molar-refractivity contribution >= 4 is 29.4 Å². The lowest BCUT2D eigenvalue weighted by Crippen LogP contribution is -2.14. The maximum absolute atomic E-state index is 12.2. The minimum atomic E-state index is -0.626. The Kier molecular flexibility index (Phi) is 6.85. The summed E-state index contributed by atoms with van der Waals surface area (Å²) in [5.74, 6) is 0.501. The maximum atomic E-state index is 12.2. The summed E-state index contributed by atoms with van der Waals surface area (Å²) in [7, 11) is 0. The second-order valence-electron chi connectivity index (χ2n) is 7.20. The zero-order valence-electron chi connectivity index (χ0n) is 16.8. The van der Waals surface area contributed by atoms with Gasteiger partial charge in [0.15, 0.2) is 23.9 Å². The summed E-state index contributed by atoms with van der Waals surface area (Å²) in [5, 5.41) is 2.78. The number of carbonyl (C=O) groups excluding carboxylic acids is 3. The quantitative estimate of drug-likeness (QED) is 0.405. The number of carbonyl (C=O) groups is 3. The van der Waals surface area contributed by atoms with E-state index in [1.165, 1.54) is 6.08 Å². The Labute approximate surface area is 174 Å². The molecule has 30 heavy (non-hydrogen) atoms. The first kappa shape index (κ1) is 21.1. The van der Waals surface area contributed by atoms with Gasteiger partial charge in [-0.25, -0.2) is 4.79 Å². The molecule has 1 N–H and O–H groups in total. The number of fused-ring (bicyclic) bond motifs is 1. The van der Waals surface area contributed by atoms with Crippen molar-refractivity contribution in [1.82, 2.24) is 0 Å². The Morgan fingerprint density at radius 3 is 2.53 bits per heavy atom. The SMILES string of the molecule is CC(C)CC(=O)Nc1ccc(C(=O)COC(=O)/C=C/c2ccc3c(c2)OCO3)cc1. The van der Waals surface area contributed by atoms with Crippen molar-refractivity contribution in [3.63, 3.8) is 0 Å². The largest absolute Gasteiger partial charge is 0.454 e. The summed E-state index contributed by atoms with van der Waals surface area (Å²) in [6.07, 6.45) is 3.25. The molecule has 0 bridgehead atoms. The van der Waals surface area contributed by atoms with Crippen molar-refractivity contribution in [2.45, 2.75) is 20.3 Å². The Morgan fingerprint density at radius 1 is 1.07 bits per heavy atom. The standard InChI is InChI=1S/C23H23NO6/c1-15(2)11-22(26)24-18-7-5-17(6-8-18)19(25)13-28-23(27)10-4-16-3-9-20-21(12-16)30-14-29-20/h3-10,12,15H,11,13-14H2,1-2H3,(H,24,26)/b10-4+. The molecule has 7 heteroatoms. The van der Waals surface area contributed by atoms with Crippen LogP contribution in [0.4, 0.5) is 5.69 Å². The topological polar surface area (TPSA) is 90.9 Å². The Bertz CT molecular complexity index is 962. The van der Waals surface area contributed by atoms with Crippen LogP contribution in [0, 0.1) is 5.92 Å². The van der Waals surface area contributed by atoms with Crippen LogP contribution in [0.2, 0.25) is 0 Å². The lowest BCUT2D eigenvalue weighted by Gasteiger charge is -2.08. The monoisotopic (exact) mass is 409 g/mol. The van der Waals surface area contributed by atoms with Crippen LogP contribution in [0.1, 0.15) is 36.2 Å². The van der Waals surface area contributed by atoms with Gasteiger partial charge in [-0.05, 0) is 54.0 Å². The Hall–Kier alpha value is -3.61. The number of amides is 1. The molecule has 1 aliphatic heterocycles. The van der Waals surface area contributed by atoms with Crippen LogP contribution in [0.5, 0.6) is 11.5 Å². The van der Waals surface area contributed by atoms with E-state index in [4.69, 9.17) is 14.2 Å². The highest BCUT2D eigenvalue weighted by Crippen LogP contribution is 2.32. The molecule has 0 aliphatic carbocycles. The minimum absolute atomic E-state index is 0.0766. The zero-order chi connectivity index (χ0) is 21.5. The average Bonchev–Trinajstić information content (AvgIpc) is 3.18. The van der Waals surface area contributed by atoms with E-state index >= 15 is 0 Å². The van der Waals surface area contributed by atoms with E-state index in [2.05, 4.69) is 5.32 Å². The van der Waals surface area contributed by atoms with Crippen LogP contribution >= 0.6 is 0 Å². The number of hydrogen-bond donors (Lipinski definition) is 1. The third kappa shape index (κ3) is 5.94. The van der Waals surface area contributed by atoms with Gasteiger partial charge in [-0.15, -0.1) is 0 Å².